The molecule has 2 saturated heterocycles. The van der Waals surface area contributed by atoms with Gasteiger partial charge in [0.15, 0.2) is 17.6 Å². The SMILES string of the molecule is COc1ccc(N2C(=O)C[C@@H]([NH+]3CCC(C(N)=O)CC3)C2=O)cc1F. The molecule has 25 heavy (non-hydrogen) atoms. The molecule has 8 heteroatoms. The summed E-state index contributed by atoms with van der Waals surface area (Å²) in [5.41, 5.74) is 5.54. The van der Waals surface area contributed by atoms with Crippen LogP contribution in [0.5, 0.6) is 5.75 Å². The molecule has 0 aromatic heterocycles. The van der Waals surface area contributed by atoms with Crippen molar-refractivity contribution in [1.82, 2.24) is 0 Å². The smallest absolute Gasteiger partial charge is 0.292 e. The van der Waals surface area contributed by atoms with Gasteiger partial charge >= 0.3 is 0 Å². The second kappa shape index (κ2) is 6.79. The van der Waals surface area contributed by atoms with Crippen LogP contribution in [0.3, 0.4) is 0 Å². The average Bonchev–Trinajstić information content (AvgIpc) is 2.89. The molecule has 134 valence electrons. The number of primary amides is 1. The summed E-state index contributed by atoms with van der Waals surface area (Å²) in [5.74, 6) is -1.73. The van der Waals surface area contributed by atoms with Crippen molar-refractivity contribution in [3.8, 4) is 5.75 Å². The number of imide groups is 1. The van der Waals surface area contributed by atoms with Gasteiger partial charge < -0.3 is 15.4 Å². The molecule has 0 aliphatic carbocycles. The predicted molar refractivity (Wildman–Crippen MR) is 86.5 cm³/mol. The third kappa shape index (κ3) is 3.21. The maximum Gasteiger partial charge on any atom is 0.292 e. The van der Waals surface area contributed by atoms with Crippen LogP contribution in [0.25, 0.3) is 0 Å². The number of carbonyl (C=O) groups excluding carboxylic acids is 3. The fourth-order valence-corrected chi connectivity index (χ4v) is 3.64. The molecule has 1 aromatic carbocycles. The van der Waals surface area contributed by atoms with Crippen molar-refractivity contribution < 1.29 is 28.4 Å². The third-order valence-electron chi connectivity index (χ3n) is 5.06. The van der Waals surface area contributed by atoms with Crippen LogP contribution in [-0.4, -0.2) is 44.0 Å². The van der Waals surface area contributed by atoms with E-state index in [-0.39, 0.29) is 41.5 Å². The number of halogens is 1. The highest BCUT2D eigenvalue weighted by Crippen LogP contribution is 2.27. The Morgan fingerprint density at radius 1 is 1.32 bits per heavy atom. The molecule has 2 heterocycles. The summed E-state index contributed by atoms with van der Waals surface area (Å²) in [6.07, 6.45) is 1.31. The largest absolute Gasteiger partial charge is 0.494 e. The lowest BCUT2D eigenvalue weighted by molar-refractivity contribution is -0.920. The lowest BCUT2D eigenvalue weighted by atomic mass is 9.95. The van der Waals surface area contributed by atoms with Gasteiger partial charge in [0.1, 0.15) is 0 Å². The maximum absolute atomic E-state index is 13.9. The van der Waals surface area contributed by atoms with Crippen molar-refractivity contribution in [3.05, 3.63) is 24.0 Å². The minimum atomic E-state index is -0.626. The summed E-state index contributed by atoms with van der Waals surface area (Å²) in [7, 11) is 1.35. The number of likely N-dealkylation sites (tertiary alicyclic amines) is 1. The molecule has 1 atom stereocenters. The van der Waals surface area contributed by atoms with E-state index in [9.17, 15) is 18.8 Å². The van der Waals surface area contributed by atoms with Crippen LogP contribution in [0, 0.1) is 11.7 Å². The Morgan fingerprint density at radius 2 is 2.00 bits per heavy atom. The number of benzene rings is 1. The fraction of sp³-hybridized carbons (Fsp3) is 0.471. The van der Waals surface area contributed by atoms with E-state index in [1.807, 2.05) is 0 Å². The number of nitrogens with two attached hydrogens (primary N) is 1. The molecule has 0 saturated carbocycles. The summed E-state index contributed by atoms with van der Waals surface area (Å²) in [6.45, 7) is 1.23. The van der Waals surface area contributed by atoms with Crippen molar-refractivity contribution in [2.75, 3.05) is 25.1 Å². The zero-order chi connectivity index (χ0) is 18.1. The minimum Gasteiger partial charge on any atom is -0.494 e. The zero-order valence-electron chi connectivity index (χ0n) is 14.0. The first-order valence-corrected chi connectivity index (χ1v) is 8.26. The van der Waals surface area contributed by atoms with Gasteiger partial charge in [0.2, 0.25) is 11.8 Å². The molecule has 2 aliphatic heterocycles. The standard InChI is InChI=1S/C17H20FN3O4/c1-25-14-3-2-11(8-12(14)18)21-15(22)9-13(17(21)24)20-6-4-10(5-7-20)16(19)23/h2-3,8,10,13H,4-7,9H2,1H3,(H2,19,23)/p+1/t13-/m1/s1. The summed E-state index contributed by atoms with van der Waals surface area (Å²) in [4.78, 5) is 38.4. The molecule has 3 rings (SSSR count). The van der Waals surface area contributed by atoms with E-state index < -0.39 is 11.9 Å². The third-order valence-corrected chi connectivity index (χ3v) is 5.06. The van der Waals surface area contributed by atoms with Crippen molar-refractivity contribution >= 4 is 23.4 Å². The molecular weight excluding hydrogens is 329 g/mol. The maximum atomic E-state index is 13.9. The number of piperidine rings is 1. The van der Waals surface area contributed by atoms with E-state index in [0.717, 1.165) is 15.9 Å². The van der Waals surface area contributed by atoms with E-state index in [1.54, 1.807) is 0 Å². The molecule has 0 radical (unpaired) electrons. The minimum absolute atomic E-state index is 0.0542. The molecule has 3 N–H and O–H groups in total. The highest BCUT2D eigenvalue weighted by molar-refractivity contribution is 6.21. The van der Waals surface area contributed by atoms with Gasteiger partial charge in [-0.2, -0.15) is 0 Å². The van der Waals surface area contributed by atoms with Crippen LogP contribution in [0.1, 0.15) is 19.3 Å². The Morgan fingerprint density at radius 3 is 2.56 bits per heavy atom. The highest BCUT2D eigenvalue weighted by atomic mass is 19.1. The second-order valence-corrected chi connectivity index (χ2v) is 6.48. The summed E-state index contributed by atoms with van der Waals surface area (Å²) < 4.78 is 18.8. The number of quaternary nitrogens is 1. The van der Waals surface area contributed by atoms with Crippen molar-refractivity contribution in [1.29, 1.82) is 0 Å². The molecule has 7 nitrogen and oxygen atoms in total. The molecule has 0 bridgehead atoms. The van der Waals surface area contributed by atoms with Gasteiger partial charge in [-0.3, -0.25) is 14.4 Å². The topological polar surface area (TPSA) is 94.1 Å². The molecule has 0 spiro atoms. The first kappa shape index (κ1) is 17.3. The summed E-state index contributed by atoms with van der Waals surface area (Å²) >= 11 is 0. The quantitative estimate of drug-likeness (QED) is 0.699. The number of methoxy groups -OCH3 is 1. The van der Waals surface area contributed by atoms with E-state index >= 15 is 0 Å². The number of ether oxygens (including phenoxy) is 1. The molecule has 3 amide bonds. The van der Waals surface area contributed by atoms with Crippen molar-refractivity contribution in [2.45, 2.75) is 25.3 Å². The number of hydrogen-bond donors (Lipinski definition) is 2. The Balaban J connectivity index is 1.75. The normalized spacial score (nSPS) is 26.8. The Kier molecular flexibility index (Phi) is 4.71. The van der Waals surface area contributed by atoms with Crippen LogP contribution in [0.4, 0.5) is 10.1 Å². The number of anilines is 1. The van der Waals surface area contributed by atoms with Crippen LogP contribution < -0.4 is 20.3 Å². The lowest BCUT2D eigenvalue weighted by Gasteiger charge is -2.30. The van der Waals surface area contributed by atoms with E-state index in [0.29, 0.717) is 25.9 Å². The number of hydrogen-bond acceptors (Lipinski definition) is 4. The summed E-state index contributed by atoms with van der Waals surface area (Å²) in [6, 6.07) is 3.52. The van der Waals surface area contributed by atoms with E-state index in [4.69, 9.17) is 10.5 Å². The number of nitrogens with one attached hydrogen (secondary N) is 1. The van der Waals surface area contributed by atoms with E-state index in [1.165, 1.54) is 19.2 Å². The van der Waals surface area contributed by atoms with Crippen molar-refractivity contribution in [3.63, 3.8) is 0 Å². The monoisotopic (exact) mass is 350 g/mol. The Bertz CT molecular complexity index is 716. The second-order valence-electron chi connectivity index (χ2n) is 6.48. The van der Waals surface area contributed by atoms with Gasteiger partial charge in [0.25, 0.3) is 5.91 Å². The van der Waals surface area contributed by atoms with E-state index in [2.05, 4.69) is 0 Å². The van der Waals surface area contributed by atoms with Gasteiger partial charge in [-0.1, -0.05) is 0 Å². The van der Waals surface area contributed by atoms with Crippen molar-refractivity contribution in [2.24, 2.45) is 11.7 Å². The van der Waals surface area contributed by atoms with Gasteiger partial charge in [0, 0.05) is 24.8 Å². The highest BCUT2D eigenvalue weighted by Gasteiger charge is 2.47. The molecule has 2 aliphatic rings. The summed E-state index contributed by atoms with van der Waals surface area (Å²) in [5, 5.41) is 0. The average molecular weight is 350 g/mol. The molecule has 1 aromatic rings. The van der Waals surface area contributed by atoms with Gasteiger partial charge in [-0.05, 0) is 12.1 Å². The zero-order valence-corrected chi connectivity index (χ0v) is 14.0. The van der Waals surface area contributed by atoms with Gasteiger partial charge in [0.05, 0.1) is 32.3 Å². The molecule has 2 fully saturated rings. The number of amides is 3. The van der Waals surface area contributed by atoms with Gasteiger partial charge in [-0.15, -0.1) is 0 Å². The lowest BCUT2D eigenvalue weighted by Crippen LogP contribution is -3.17. The number of carbonyl (C=O) groups is 3. The molecular formula is C17H21FN3O4+. The van der Waals surface area contributed by atoms with Gasteiger partial charge in [-0.25, -0.2) is 9.29 Å². The number of rotatable bonds is 4. The fourth-order valence-electron chi connectivity index (χ4n) is 3.64. The molecule has 0 unspecified atom stereocenters. The first-order chi connectivity index (χ1) is 11.9. The Hall–Kier alpha value is -2.48. The van der Waals surface area contributed by atoms with Crippen LogP contribution >= 0.6 is 0 Å². The Labute approximate surface area is 144 Å². The first-order valence-electron chi connectivity index (χ1n) is 8.26. The van der Waals surface area contributed by atoms with Crippen LogP contribution in [0.15, 0.2) is 18.2 Å². The predicted octanol–water partition coefficient (Wildman–Crippen LogP) is -0.754. The van der Waals surface area contributed by atoms with Crippen LogP contribution in [0.2, 0.25) is 0 Å². The van der Waals surface area contributed by atoms with Crippen LogP contribution in [-0.2, 0) is 14.4 Å². The number of nitrogens with zero attached hydrogens (tertiary/aromatic N) is 1.